The normalized spacial score (nSPS) is 12.2. The van der Waals surface area contributed by atoms with E-state index in [1.54, 1.807) is 36.4 Å². The van der Waals surface area contributed by atoms with Crippen molar-refractivity contribution >= 4 is 35.3 Å². The summed E-state index contributed by atoms with van der Waals surface area (Å²) in [5, 5.41) is 5.01. The van der Waals surface area contributed by atoms with Crippen LogP contribution in [0.15, 0.2) is 47.6 Å². The minimum Gasteiger partial charge on any atom is -0.489 e. The van der Waals surface area contributed by atoms with Crippen LogP contribution in [-0.2, 0) is 0 Å². The lowest BCUT2D eigenvalue weighted by Gasteiger charge is -2.13. The molecule has 0 bridgehead atoms. The summed E-state index contributed by atoms with van der Waals surface area (Å²) in [5.41, 5.74) is 3.69. The molecule has 126 valence electrons. The van der Waals surface area contributed by atoms with Crippen molar-refractivity contribution in [2.24, 2.45) is 5.10 Å². The Morgan fingerprint density at radius 2 is 1.96 bits per heavy atom. The van der Waals surface area contributed by atoms with Crippen molar-refractivity contribution in [1.82, 2.24) is 5.43 Å². The third kappa shape index (κ3) is 5.25. The average Bonchev–Trinajstić information content (AvgIpc) is 2.57. The zero-order valence-corrected chi connectivity index (χ0v) is 14.9. The van der Waals surface area contributed by atoms with Crippen LogP contribution in [0.3, 0.4) is 0 Å². The van der Waals surface area contributed by atoms with Gasteiger partial charge in [-0.1, -0.05) is 30.1 Å². The number of nitrogens with one attached hydrogen (secondary N) is 1. The quantitative estimate of drug-likeness (QED) is 0.583. The Kier molecular flexibility index (Phi) is 6.64. The fraction of sp³-hybridized carbons (Fsp3) is 0.222. The van der Waals surface area contributed by atoms with Crippen LogP contribution in [0.4, 0.5) is 0 Å². The van der Waals surface area contributed by atoms with E-state index < -0.39 is 0 Å². The van der Waals surface area contributed by atoms with Gasteiger partial charge in [0.1, 0.15) is 5.75 Å². The Morgan fingerprint density at radius 3 is 2.58 bits per heavy atom. The van der Waals surface area contributed by atoms with E-state index in [1.807, 2.05) is 19.9 Å². The smallest absolute Gasteiger partial charge is 0.271 e. The fourth-order valence-electron chi connectivity index (χ4n) is 1.82. The molecule has 0 aromatic heterocycles. The summed E-state index contributed by atoms with van der Waals surface area (Å²) in [7, 11) is 0. The fourth-order valence-corrected chi connectivity index (χ4v) is 2.18. The van der Waals surface area contributed by atoms with E-state index in [-0.39, 0.29) is 12.0 Å². The van der Waals surface area contributed by atoms with Crippen LogP contribution in [0.5, 0.6) is 5.75 Å². The van der Waals surface area contributed by atoms with Gasteiger partial charge in [-0.05, 0) is 61.4 Å². The maximum absolute atomic E-state index is 11.9. The Labute approximate surface area is 151 Å². The SMILES string of the molecule is CC[C@@H](C)Oc1ccc(/C=N\NC(=O)c2ccc(Cl)cc2)cc1Cl. The number of hydrazone groups is 1. The number of carbonyl (C=O) groups is 1. The van der Waals surface area contributed by atoms with Crippen LogP contribution in [0.1, 0.15) is 36.2 Å². The lowest BCUT2D eigenvalue weighted by atomic mass is 10.2. The summed E-state index contributed by atoms with van der Waals surface area (Å²) >= 11 is 12.0. The summed E-state index contributed by atoms with van der Waals surface area (Å²) in [5.74, 6) is 0.319. The first-order valence-corrected chi connectivity index (χ1v) is 8.30. The third-order valence-corrected chi connectivity index (χ3v) is 3.89. The van der Waals surface area contributed by atoms with E-state index in [0.717, 1.165) is 12.0 Å². The molecule has 24 heavy (non-hydrogen) atoms. The van der Waals surface area contributed by atoms with Crippen molar-refractivity contribution in [3.63, 3.8) is 0 Å². The molecule has 0 radical (unpaired) electrons. The molecule has 0 unspecified atom stereocenters. The number of hydrogen-bond donors (Lipinski definition) is 1. The Hall–Kier alpha value is -2.04. The van der Waals surface area contributed by atoms with Crippen molar-refractivity contribution < 1.29 is 9.53 Å². The first kappa shape index (κ1) is 18.3. The lowest BCUT2D eigenvalue weighted by Crippen LogP contribution is -2.17. The second kappa shape index (κ2) is 8.71. The van der Waals surface area contributed by atoms with Crippen LogP contribution in [-0.4, -0.2) is 18.2 Å². The van der Waals surface area contributed by atoms with Crippen molar-refractivity contribution in [1.29, 1.82) is 0 Å². The highest BCUT2D eigenvalue weighted by molar-refractivity contribution is 6.32. The molecular formula is C18H18Cl2N2O2. The first-order valence-electron chi connectivity index (χ1n) is 7.54. The molecule has 0 saturated carbocycles. The van der Waals surface area contributed by atoms with Gasteiger partial charge in [0.15, 0.2) is 0 Å². The van der Waals surface area contributed by atoms with E-state index in [9.17, 15) is 4.79 Å². The first-order chi connectivity index (χ1) is 11.5. The van der Waals surface area contributed by atoms with E-state index in [4.69, 9.17) is 27.9 Å². The third-order valence-electron chi connectivity index (χ3n) is 3.35. The summed E-state index contributed by atoms with van der Waals surface area (Å²) < 4.78 is 5.70. The molecule has 2 aromatic rings. The van der Waals surface area contributed by atoms with Gasteiger partial charge in [0.2, 0.25) is 0 Å². The van der Waals surface area contributed by atoms with E-state index in [0.29, 0.717) is 21.4 Å². The molecule has 2 rings (SSSR count). The molecule has 2 aromatic carbocycles. The van der Waals surface area contributed by atoms with Gasteiger partial charge < -0.3 is 4.74 Å². The summed E-state index contributed by atoms with van der Waals surface area (Å²) in [6.07, 6.45) is 2.52. The molecule has 0 saturated heterocycles. The van der Waals surface area contributed by atoms with Crippen molar-refractivity contribution in [3.8, 4) is 5.75 Å². The number of nitrogens with zero attached hydrogens (tertiary/aromatic N) is 1. The van der Waals surface area contributed by atoms with Crippen LogP contribution in [0.2, 0.25) is 10.0 Å². The van der Waals surface area contributed by atoms with Crippen molar-refractivity contribution in [2.45, 2.75) is 26.4 Å². The zero-order valence-electron chi connectivity index (χ0n) is 13.4. The van der Waals surface area contributed by atoms with Gasteiger partial charge in [0, 0.05) is 10.6 Å². The molecule has 0 aliphatic heterocycles. The predicted molar refractivity (Wildman–Crippen MR) is 98.3 cm³/mol. The number of ether oxygens (including phenoxy) is 1. The Morgan fingerprint density at radius 1 is 1.25 bits per heavy atom. The summed E-state index contributed by atoms with van der Waals surface area (Å²) in [6.45, 7) is 4.03. The monoisotopic (exact) mass is 364 g/mol. The van der Waals surface area contributed by atoms with Crippen LogP contribution in [0, 0.1) is 0 Å². The van der Waals surface area contributed by atoms with Gasteiger partial charge >= 0.3 is 0 Å². The minimum absolute atomic E-state index is 0.0979. The van der Waals surface area contributed by atoms with Gasteiger partial charge in [0.05, 0.1) is 17.3 Å². The second-order valence-corrected chi connectivity index (χ2v) is 6.08. The maximum Gasteiger partial charge on any atom is 0.271 e. The highest BCUT2D eigenvalue weighted by Crippen LogP contribution is 2.26. The average molecular weight is 365 g/mol. The number of halogens is 2. The van der Waals surface area contributed by atoms with Gasteiger partial charge in [-0.25, -0.2) is 5.43 Å². The molecule has 0 spiro atoms. The molecule has 1 amide bonds. The van der Waals surface area contributed by atoms with Gasteiger partial charge in [-0.2, -0.15) is 5.10 Å². The van der Waals surface area contributed by atoms with Gasteiger partial charge in [-0.15, -0.1) is 0 Å². The second-order valence-electron chi connectivity index (χ2n) is 5.23. The topological polar surface area (TPSA) is 50.7 Å². The van der Waals surface area contributed by atoms with Crippen LogP contribution >= 0.6 is 23.2 Å². The number of carbonyl (C=O) groups excluding carboxylic acids is 1. The lowest BCUT2D eigenvalue weighted by molar-refractivity contribution is 0.0955. The molecule has 1 atom stereocenters. The number of amides is 1. The largest absolute Gasteiger partial charge is 0.489 e. The van der Waals surface area contributed by atoms with Crippen molar-refractivity contribution in [2.75, 3.05) is 0 Å². The molecule has 1 N–H and O–H groups in total. The highest BCUT2D eigenvalue weighted by Gasteiger charge is 2.06. The van der Waals surface area contributed by atoms with Crippen LogP contribution in [0.25, 0.3) is 0 Å². The number of benzene rings is 2. The molecular weight excluding hydrogens is 347 g/mol. The predicted octanol–water partition coefficient (Wildman–Crippen LogP) is 4.93. The maximum atomic E-state index is 11.9. The van der Waals surface area contributed by atoms with E-state index >= 15 is 0 Å². The van der Waals surface area contributed by atoms with E-state index in [1.165, 1.54) is 6.21 Å². The number of rotatable bonds is 6. The van der Waals surface area contributed by atoms with E-state index in [2.05, 4.69) is 10.5 Å². The Bertz CT molecular complexity index is 730. The molecule has 4 nitrogen and oxygen atoms in total. The molecule has 6 heteroatoms. The standard InChI is InChI=1S/C18H18Cl2N2O2/c1-3-12(2)24-17-9-4-13(10-16(17)20)11-21-22-18(23)14-5-7-15(19)8-6-14/h4-12H,3H2,1-2H3,(H,22,23)/b21-11-/t12-/m1/s1. The molecule has 0 heterocycles. The summed E-state index contributed by atoms with van der Waals surface area (Å²) in [6, 6.07) is 11.9. The van der Waals surface area contributed by atoms with Crippen LogP contribution < -0.4 is 10.2 Å². The molecule has 0 aliphatic rings. The molecule has 0 fully saturated rings. The Balaban J connectivity index is 1.97. The number of hydrogen-bond acceptors (Lipinski definition) is 3. The van der Waals surface area contributed by atoms with Gasteiger partial charge in [-0.3, -0.25) is 4.79 Å². The highest BCUT2D eigenvalue weighted by atomic mass is 35.5. The summed E-state index contributed by atoms with van der Waals surface area (Å²) in [4.78, 5) is 11.9. The van der Waals surface area contributed by atoms with Gasteiger partial charge in [0.25, 0.3) is 5.91 Å². The van der Waals surface area contributed by atoms with Crippen molar-refractivity contribution in [3.05, 3.63) is 63.6 Å². The zero-order chi connectivity index (χ0) is 17.5. The molecule has 0 aliphatic carbocycles. The minimum atomic E-state index is -0.314.